The molecule has 1 aromatic rings. The molecule has 0 bridgehead atoms. The molecule has 8 heteroatoms. The summed E-state index contributed by atoms with van der Waals surface area (Å²) in [5.41, 5.74) is 15.8. The van der Waals surface area contributed by atoms with Gasteiger partial charge in [0.2, 0.25) is 5.13 Å². The third kappa shape index (κ3) is 3.90. The molecule has 0 fully saturated rings. The monoisotopic (exact) mass is 232 g/mol. The number of thioether (sulfide) groups is 1. The lowest BCUT2D eigenvalue weighted by Crippen LogP contribution is -2.21. The molecule has 0 saturated carbocycles. The minimum absolute atomic E-state index is 0.00214. The molecule has 6 nitrogen and oxygen atoms in total. The molecule has 1 heterocycles. The fourth-order valence-corrected chi connectivity index (χ4v) is 2.00. The van der Waals surface area contributed by atoms with Crippen LogP contribution in [0.2, 0.25) is 0 Å². The van der Waals surface area contributed by atoms with E-state index in [2.05, 4.69) is 14.3 Å². The molecule has 6 N–H and O–H groups in total. The van der Waals surface area contributed by atoms with Crippen LogP contribution in [0.3, 0.4) is 0 Å². The first-order valence-electron chi connectivity index (χ1n) is 3.92. The lowest BCUT2D eigenvalue weighted by Gasteiger charge is -1.92. The molecular formula is C6H12N6S2. The topological polar surface area (TPSA) is 116 Å². The zero-order chi connectivity index (χ0) is 10.4. The van der Waals surface area contributed by atoms with Crippen molar-refractivity contribution in [2.75, 3.05) is 12.3 Å². The molecule has 0 radical (unpaired) electrons. The molecule has 1 aromatic heterocycles. The fraction of sp³-hybridized carbons (Fsp3) is 0.500. The number of nitrogens with two attached hydrogens (primary N) is 3. The van der Waals surface area contributed by atoms with Crippen molar-refractivity contribution >= 4 is 34.4 Å². The highest BCUT2D eigenvalue weighted by Crippen LogP contribution is 2.17. The second kappa shape index (κ2) is 5.78. The summed E-state index contributed by atoms with van der Waals surface area (Å²) >= 11 is 2.87. The molecule has 0 saturated heterocycles. The highest BCUT2D eigenvalue weighted by atomic mass is 32.2. The third-order valence-corrected chi connectivity index (χ3v) is 2.81. The van der Waals surface area contributed by atoms with Gasteiger partial charge in [0.25, 0.3) is 0 Å². The molecule has 0 unspecified atom stereocenters. The van der Waals surface area contributed by atoms with Crippen molar-refractivity contribution in [1.82, 2.24) is 9.36 Å². The van der Waals surface area contributed by atoms with E-state index in [0.717, 1.165) is 17.3 Å². The largest absolute Gasteiger partial charge is 0.370 e. The van der Waals surface area contributed by atoms with Gasteiger partial charge in [-0.2, -0.15) is 21.1 Å². The Kier molecular flexibility index (Phi) is 4.63. The summed E-state index contributed by atoms with van der Waals surface area (Å²) in [6.07, 6.45) is 0. The van der Waals surface area contributed by atoms with E-state index in [0.29, 0.717) is 11.7 Å². The van der Waals surface area contributed by atoms with E-state index in [1.165, 1.54) is 11.5 Å². The van der Waals surface area contributed by atoms with Crippen LogP contribution in [0.4, 0.5) is 5.13 Å². The number of hydrogen-bond acceptors (Lipinski definition) is 6. The summed E-state index contributed by atoms with van der Waals surface area (Å²) in [5.74, 6) is 2.39. The minimum atomic E-state index is 0.00214. The van der Waals surface area contributed by atoms with Gasteiger partial charge in [-0.05, 0) is 0 Å². The average molecular weight is 232 g/mol. The Balaban J connectivity index is 2.47. The van der Waals surface area contributed by atoms with E-state index >= 15 is 0 Å². The summed E-state index contributed by atoms with van der Waals surface area (Å²) in [7, 11) is 0. The molecule has 78 valence electrons. The Labute approximate surface area is 90.2 Å². The summed E-state index contributed by atoms with van der Waals surface area (Å²) in [5, 5.41) is 0.494. The van der Waals surface area contributed by atoms with Crippen molar-refractivity contribution < 1.29 is 0 Å². The lowest BCUT2D eigenvalue weighted by molar-refractivity contribution is 1.11. The summed E-state index contributed by atoms with van der Waals surface area (Å²) in [6, 6.07) is 0. The molecule has 0 aliphatic heterocycles. The Morgan fingerprint density at radius 3 is 2.93 bits per heavy atom. The molecule has 0 aliphatic rings. The molecular weight excluding hydrogens is 220 g/mol. The summed E-state index contributed by atoms with van der Waals surface area (Å²) in [4.78, 5) is 7.91. The van der Waals surface area contributed by atoms with Gasteiger partial charge < -0.3 is 17.2 Å². The van der Waals surface area contributed by atoms with Crippen molar-refractivity contribution in [1.29, 1.82) is 0 Å². The Hall–Kier alpha value is -0.860. The van der Waals surface area contributed by atoms with Gasteiger partial charge in [0, 0.05) is 23.8 Å². The van der Waals surface area contributed by atoms with Gasteiger partial charge in [-0.25, -0.2) is 4.98 Å². The maximum atomic E-state index is 5.35. The van der Waals surface area contributed by atoms with Crippen LogP contribution in [0.15, 0.2) is 4.99 Å². The predicted octanol–water partition coefficient (Wildman–Crippen LogP) is -0.365. The van der Waals surface area contributed by atoms with Crippen molar-refractivity contribution in [3.8, 4) is 0 Å². The Morgan fingerprint density at radius 1 is 1.50 bits per heavy atom. The molecule has 0 aromatic carbocycles. The normalized spacial score (nSPS) is 10.1. The molecule has 1 rings (SSSR count). The van der Waals surface area contributed by atoms with Crippen molar-refractivity contribution in [2.45, 2.75) is 5.75 Å². The van der Waals surface area contributed by atoms with Crippen molar-refractivity contribution in [3.05, 3.63) is 5.82 Å². The van der Waals surface area contributed by atoms with Crippen LogP contribution >= 0.6 is 23.3 Å². The number of hydrogen-bond donors (Lipinski definition) is 3. The minimum Gasteiger partial charge on any atom is -0.370 e. The van der Waals surface area contributed by atoms with E-state index < -0.39 is 0 Å². The predicted molar refractivity (Wildman–Crippen MR) is 60.6 cm³/mol. The molecule has 0 atom stereocenters. The van der Waals surface area contributed by atoms with Crippen LogP contribution in [0.5, 0.6) is 0 Å². The molecule has 14 heavy (non-hydrogen) atoms. The number of rotatable bonds is 5. The van der Waals surface area contributed by atoms with Gasteiger partial charge >= 0.3 is 0 Å². The Bertz CT molecular complexity index is 305. The number of guanidine groups is 1. The second-order valence-corrected chi connectivity index (χ2v) is 4.21. The maximum Gasteiger partial charge on any atom is 0.232 e. The zero-order valence-electron chi connectivity index (χ0n) is 7.51. The van der Waals surface area contributed by atoms with Crippen LogP contribution < -0.4 is 17.2 Å². The first-order chi connectivity index (χ1) is 6.72. The SMILES string of the molecule is NCCSCc1nsc(N=C(N)N)n1. The highest BCUT2D eigenvalue weighted by Gasteiger charge is 2.02. The molecule has 0 amide bonds. The molecule has 0 aliphatic carbocycles. The number of nitrogens with zero attached hydrogens (tertiary/aromatic N) is 3. The fourth-order valence-electron chi connectivity index (χ4n) is 0.706. The van der Waals surface area contributed by atoms with Crippen LogP contribution in [0.25, 0.3) is 0 Å². The van der Waals surface area contributed by atoms with Gasteiger partial charge in [-0.15, -0.1) is 0 Å². The first kappa shape index (κ1) is 11.2. The van der Waals surface area contributed by atoms with Crippen molar-refractivity contribution in [3.63, 3.8) is 0 Å². The van der Waals surface area contributed by atoms with Crippen LogP contribution in [-0.2, 0) is 5.75 Å². The van der Waals surface area contributed by atoms with E-state index in [1.54, 1.807) is 11.8 Å². The van der Waals surface area contributed by atoms with Gasteiger partial charge in [-0.3, -0.25) is 0 Å². The molecule has 0 spiro atoms. The van der Waals surface area contributed by atoms with Crippen LogP contribution in [0.1, 0.15) is 5.82 Å². The first-order valence-corrected chi connectivity index (χ1v) is 5.85. The smallest absolute Gasteiger partial charge is 0.232 e. The summed E-state index contributed by atoms with van der Waals surface area (Å²) in [6.45, 7) is 0.662. The third-order valence-electron chi connectivity index (χ3n) is 1.18. The number of aromatic nitrogens is 2. The van der Waals surface area contributed by atoms with Gasteiger partial charge in [0.1, 0.15) is 0 Å². The van der Waals surface area contributed by atoms with E-state index in [-0.39, 0.29) is 5.96 Å². The number of aliphatic imine (C=N–C) groups is 1. The van der Waals surface area contributed by atoms with Gasteiger partial charge in [0.05, 0.1) is 5.75 Å². The quantitative estimate of drug-likeness (QED) is 0.362. The lowest BCUT2D eigenvalue weighted by atomic mass is 10.7. The Morgan fingerprint density at radius 2 is 2.29 bits per heavy atom. The van der Waals surface area contributed by atoms with Gasteiger partial charge in [0.15, 0.2) is 11.8 Å². The van der Waals surface area contributed by atoms with E-state index in [9.17, 15) is 0 Å². The average Bonchev–Trinajstić information content (AvgIpc) is 2.52. The van der Waals surface area contributed by atoms with Crippen LogP contribution in [0, 0.1) is 0 Å². The second-order valence-electron chi connectivity index (χ2n) is 2.37. The van der Waals surface area contributed by atoms with Crippen LogP contribution in [-0.4, -0.2) is 27.6 Å². The standard InChI is InChI=1S/C6H12N6S2/c7-1-2-13-3-4-10-6(14-12-4)11-5(8)9/h1-3,7H2,(H4,8,9,10,11,12). The highest BCUT2D eigenvalue weighted by molar-refractivity contribution is 7.98. The summed E-state index contributed by atoms with van der Waals surface area (Å²) < 4.78 is 4.09. The zero-order valence-corrected chi connectivity index (χ0v) is 9.14. The van der Waals surface area contributed by atoms with E-state index in [4.69, 9.17) is 17.2 Å². The maximum absolute atomic E-state index is 5.35. The van der Waals surface area contributed by atoms with Gasteiger partial charge in [-0.1, -0.05) is 0 Å². The van der Waals surface area contributed by atoms with E-state index in [1.807, 2.05) is 0 Å². The van der Waals surface area contributed by atoms with Crippen molar-refractivity contribution in [2.24, 2.45) is 22.2 Å².